The molecule has 2 aromatic heterocycles. The quantitative estimate of drug-likeness (QED) is 0.739. The molecule has 4 rings (SSSR count). The van der Waals surface area contributed by atoms with E-state index in [0.717, 1.165) is 59.7 Å². The number of amides is 1. The van der Waals surface area contributed by atoms with Gasteiger partial charge in [-0.15, -0.1) is 0 Å². The van der Waals surface area contributed by atoms with Crippen LogP contribution in [0.25, 0.3) is 11.0 Å². The molecule has 27 heavy (non-hydrogen) atoms. The first-order chi connectivity index (χ1) is 13.0. The molecule has 0 bridgehead atoms. The molecule has 1 N–H and O–H groups in total. The minimum absolute atomic E-state index is 0.149. The van der Waals surface area contributed by atoms with Crippen LogP contribution in [0.5, 0.6) is 0 Å². The van der Waals surface area contributed by atoms with Crippen LogP contribution in [0.2, 0.25) is 0 Å². The van der Waals surface area contributed by atoms with Crippen LogP contribution in [0.1, 0.15) is 66.2 Å². The molecule has 142 valence electrons. The Morgan fingerprint density at radius 1 is 1.26 bits per heavy atom. The number of nitrogens with zero attached hydrogens (tertiary/aromatic N) is 3. The van der Waals surface area contributed by atoms with E-state index in [4.69, 9.17) is 4.98 Å². The molecular formula is C22H28N4O. The van der Waals surface area contributed by atoms with Crippen LogP contribution < -0.4 is 0 Å². The van der Waals surface area contributed by atoms with Crippen molar-refractivity contribution in [1.29, 1.82) is 0 Å². The van der Waals surface area contributed by atoms with Gasteiger partial charge in [0.25, 0.3) is 5.91 Å². The van der Waals surface area contributed by atoms with Crippen molar-refractivity contribution in [2.45, 2.75) is 52.5 Å². The normalized spacial score (nSPS) is 17.8. The number of H-pyrrole nitrogens is 1. The number of imidazole rings is 1. The highest BCUT2D eigenvalue weighted by atomic mass is 16.2. The van der Waals surface area contributed by atoms with Gasteiger partial charge in [-0.3, -0.25) is 4.79 Å². The summed E-state index contributed by atoms with van der Waals surface area (Å²) in [6.07, 6.45) is 2.07. The SMILES string of the molecule is Cc1cc(C(=O)N2CCC[C@@H](c3nc4ccccc4[nH]3)C2)c(C)n1C(C)C. The summed E-state index contributed by atoms with van der Waals surface area (Å²) in [6.45, 7) is 10.0. The summed E-state index contributed by atoms with van der Waals surface area (Å²) in [5, 5.41) is 0. The van der Waals surface area contributed by atoms with Gasteiger partial charge in [0.1, 0.15) is 5.82 Å². The molecule has 3 aromatic rings. The zero-order chi connectivity index (χ0) is 19.1. The van der Waals surface area contributed by atoms with E-state index in [1.165, 1.54) is 0 Å². The molecule has 5 heteroatoms. The van der Waals surface area contributed by atoms with Crippen LogP contribution in [0.3, 0.4) is 0 Å². The lowest BCUT2D eigenvalue weighted by molar-refractivity contribution is 0.0704. The third kappa shape index (κ3) is 3.15. The molecule has 3 heterocycles. The first-order valence-corrected chi connectivity index (χ1v) is 9.88. The molecule has 0 saturated carbocycles. The van der Waals surface area contributed by atoms with Gasteiger partial charge in [-0.05, 0) is 58.7 Å². The second-order valence-corrected chi connectivity index (χ2v) is 7.98. The van der Waals surface area contributed by atoms with Crippen LogP contribution >= 0.6 is 0 Å². The minimum Gasteiger partial charge on any atom is -0.346 e. The Morgan fingerprint density at radius 3 is 2.74 bits per heavy atom. The maximum atomic E-state index is 13.2. The number of fused-ring (bicyclic) bond motifs is 1. The number of carbonyl (C=O) groups excluding carboxylic acids is 1. The van der Waals surface area contributed by atoms with Gasteiger partial charge < -0.3 is 14.5 Å². The number of nitrogens with one attached hydrogen (secondary N) is 1. The Kier molecular flexibility index (Phi) is 4.54. The predicted octanol–water partition coefficient (Wildman–Crippen LogP) is 4.58. The summed E-state index contributed by atoms with van der Waals surface area (Å²) in [5.41, 5.74) is 5.12. The van der Waals surface area contributed by atoms with Crippen LogP contribution in [-0.2, 0) is 0 Å². The van der Waals surface area contributed by atoms with Gasteiger partial charge in [0.05, 0.1) is 16.6 Å². The van der Waals surface area contributed by atoms with Gasteiger partial charge in [0.2, 0.25) is 0 Å². The fourth-order valence-electron chi connectivity index (χ4n) is 4.51. The standard InChI is InChI=1S/C22H28N4O/c1-14(2)26-15(3)12-18(16(26)4)22(27)25-11-7-8-17(13-25)21-23-19-9-5-6-10-20(19)24-21/h5-6,9-10,12,14,17H,7-8,11,13H2,1-4H3,(H,23,24)/t17-/m1/s1. The summed E-state index contributed by atoms with van der Waals surface area (Å²) in [5.74, 6) is 1.42. The van der Waals surface area contributed by atoms with Crippen molar-refractivity contribution in [3.8, 4) is 0 Å². The number of carbonyl (C=O) groups is 1. The van der Waals surface area contributed by atoms with Gasteiger partial charge >= 0.3 is 0 Å². The zero-order valence-electron chi connectivity index (χ0n) is 16.6. The number of benzene rings is 1. The van der Waals surface area contributed by atoms with Crippen molar-refractivity contribution >= 4 is 16.9 Å². The number of rotatable bonds is 3. The number of piperidine rings is 1. The topological polar surface area (TPSA) is 53.9 Å². The van der Waals surface area contributed by atoms with E-state index in [0.29, 0.717) is 6.04 Å². The molecule has 1 aliphatic heterocycles. The van der Waals surface area contributed by atoms with E-state index in [-0.39, 0.29) is 11.8 Å². The maximum absolute atomic E-state index is 13.2. The highest BCUT2D eigenvalue weighted by Gasteiger charge is 2.29. The van der Waals surface area contributed by atoms with E-state index in [1.807, 2.05) is 29.2 Å². The molecule has 0 radical (unpaired) electrons. The summed E-state index contributed by atoms with van der Waals surface area (Å²) in [6, 6.07) is 10.5. The Hall–Kier alpha value is -2.56. The molecule has 1 atom stereocenters. The zero-order valence-corrected chi connectivity index (χ0v) is 16.6. The molecular weight excluding hydrogens is 336 g/mol. The lowest BCUT2D eigenvalue weighted by atomic mass is 9.96. The average Bonchev–Trinajstić information content (AvgIpc) is 3.22. The summed E-state index contributed by atoms with van der Waals surface area (Å²) in [4.78, 5) is 23.5. The van der Waals surface area contributed by atoms with E-state index >= 15 is 0 Å². The number of likely N-dealkylation sites (tertiary alicyclic amines) is 1. The smallest absolute Gasteiger partial charge is 0.255 e. The molecule has 1 saturated heterocycles. The lowest BCUT2D eigenvalue weighted by Crippen LogP contribution is -2.39. The van der Waals surface area contributed by atoms with Gasteiger partial charge in [0.15, 0.2) is 0 Å². The Labute approximate surface area is 160 Å². The first-order valence-electron chi connectivity index (χ1n) is 9.88. The molecule has 1 fully saturated rings. The van der Waals surface area contributed by atoms with Crippen LogP contribution in [0, 0.1) is 13.8 Å². The minimum atomic E-state index is 0.149. The van der Waals surface area contributed by atoms with Gasteiger partial charge in [-0.1, -0.05) is 12.1 Å². The van der Waals surface area contributed by atoms with E-state index in [1.54, 1.807) is 0 Å². The third-order valence-electron chi connectivity index (χ3n) is 5.73. The summed E-state index contributed by atoms with van der Waals surface area (Å²) < 4.78 is 2.24. The van der Waals surface area contributed by atoms with Crippen molar-refractivity contribution in [2.24, 2.45) is 0 Å². The van der Waals surface area contributed by atoms with Gasteiger partial charge in [0, 0.05) is 36.4 Å². The number of hydrogen-bond donors (Lipinski definition) is 1. The second kappa shape index (κ2) is 6.87. The summed E-state index contributed by atoms with van der Waals surface area (Å²) in [7, 11) is 0. The van der Waals surface area contributed by atoms with Crippen molar-refractivity contribution in [2.75, 3.05) is 13.1 Å². The number of para-hydroxylation sites is 2. The first kappa shape index (κ1) is 17.8. The fraction of sp³-hybridized carbons (Fsp3) is 0.455. The maximum Gasteiger partial charge on any atom is 0.255 e. The fourth-order valence-corrected chi connectivity index (χ4v) is 4.51. The number of aromatic amines is 1. The molecule has 0 unspecified atom stereocenters. The third-order valence-corrected chi connectivity index (χ3v) is 5.73. The van der Waals surface area contributed by atoms with Gasteiger partial charge in [-0.2, -0.15) is 0 Å². The van der Waals surface area contributed by atoms with Crippen molar-refractivity contribution in [3.05, 3.63) is 53.1 Å². The highest BCUT2D eigenvalue weighted by Crippen LogP contribution is 2.29. The number of aromatic nitrogens is 3. The predicted molar refractivity (Wildman–Crippen MR) is 108 cm³/mol. The van der Waals surface area contributed by atoms with E-state index < -0.39 is 0 Å². The Morgan fingerprint density at radius 2 is 2.04 bits per heavy atom. The molecule has 0 spiro atoms. The monoisotopic (exact) mass is 364 g/mol. The van der Waals surface area contributed by atoms with E-state index in [2.05, 4.69) is 43.3 Å². The largest absolute Gasteiger partial charge is 0.346 e. The molecule has 1 amide bonds. The van der Waals surface area contributed by atoms with Crippen molar-refractivity contribution in [1.82, 2.24) is 19.4 Å². The van der Waals surface area contributed by atoms with Crippen molar-refractivity contribution < 1.29 is 4.79 Å². The molecule has 1 aromatic carbocycles. The molecule has 5 nitrogen and oxygen atoms in total. The Bertz CT molecular complexity index is 949. The Balaban J connectivity index is 1.58. The number of hydrogen-bond acceptors (Lipinski definition) is 2. The van der Waals surface area contributed by atoms with Gasteiger partial charge in [-0.25, -0.2) is 4.98 Å². The summed E-state index contributed by atoms with van der Waals surface area (Å²) >= 11 is 0. The average molecular weight is 364 g/mol. The lowest BCUT2D eigenvalue weighted by Gasteiger charge is -2.32. The number of aryl methyl sites for hydroxylation is 1. The van der Waals surface area contributed by atoms with Crippen molar-refractivity contribution in [3.63, 3.8) is 0 Å². The molecule has 0 aliphatic carbocycles. The second-order valence-electron chi connectivity index (χ2n) is 7.98. The molecule has 1 aliphatic rings. The van der Waals surface area contributed by atoms with Crippen LogP contribution in [0.4, 0.5) is 0 Å². The highest BCUT2D eigenvalue weighted by molar-refractivity contribution is 5.96. The van der Waals surface area contributed by atoms with Crippen LogP contribution in [-0.4, -0.2) is 38.4 Å². The van der Waals surface area contributed by atoms with Crippen LogP contribution in [0.15, 0.2) is 30.3 Å². The van der Waals surface area contributed by atoms with E-state index in [9.17, 15) is 4.79 Å².